The Bertz CT molecular complexity index is 639. The first-order valence-electron chi connectivity index (χ1n) is 9.92. The van der Waals surface area contributed by atoms with Crippen LogP contribution in [0, 0.1) is 16.7 Å². The lowest BCUT2D eigenvalue weighted by molar-refractivity contribution is -0.129. The normalized spacial score (nSPS) is 34.2. The maximum absolute atomic E-state index is 12.8. The predicted molar refractivity (Wildman–Crippen MR) is 100 cm³/mol. The van der Waals surface area contributed by atoms with Gasteiger partial charge in [0.15, 0.2) is 0 Å². The topological polar surface area (TPSA) is 54.5 Å². The van der Waals surface area contributed by atoms with Gasteiger partial charge in [-0.15, -0.1) is 6.58 Å². The van der Waals surface area contributed by atoms with Gasteiger partial charge < -0.3 is 0 Å². The molecular formula is C20H33NO3S. The summed E-state index contributed by atoms with van der Waals surface area (Å²) in [6, 6.07) is -0.0775. The molecule has 4 nitrogen and oxygen atoms in total. The number of unbranched alkanes of at least 4 members (excludes halogenated alkanes) is 5. The number of sulfonamides is 1. The SMILES string of the molecule is C=CCCCCCCCC(=O)N1C2CC3CCC2(CS1(=O)=O)C3(C)C. The number of fused-ring (bicyclic) bond motifs is 1. The van der Waals surface area contributed by atoms with E-state index in [1.807, 2.05) is 6.08 Å². The summed E-state index contributed by atoms with van der Waals surface area (Å²) < 4.78 is 26.9. The third-order valence-corrected chi connectivity index (χ3v) is 9.39. The summed E-state index contributed by atoms with van der Waals surface area (Å²) in [5, 5.41) is 0. The van der Waals surface area contributed by atoms with Crippen LogP contribution in [-0.4, -0.2) is 30.4 Å². The minimum atomic E-state index is -3.44. The Labute approximate surface area is 153 Å². The largest absolute Gasteiger partial charge is 0.274 e. The van der Waals surface area contributed by atoms with Crippen LogP contribution in [0.1, 0.15) is 78.1 Å². The van der Waals surface area contributed by atoms with E-state index < -0.39 is 10.0 Å². The Morgan fingerprint density at radius 3 is 2.56 bits per heavy atom. The number of amides is 1. The van der Waals surface area contributed by atoms with Gasteiger partial charge in [-0.2, -0.15) is 0 Å². The molecule has 1 aliphatic heterocycles. The van der Waals surface area contributed by atoms with Crippen LogP contribution in [0.4, 0.5) is 0 Å². The minimum Gasteiger partial charge on any atom is -0.274 e. The van der Waals surface area contributed by atoms with Crippen molar-refractivity contribution in [2.24, 2.45) is 16.7 Å². The van der Waals surface area contributed by atoms with Gasteiger partial charge in [0.25, 0.3) is 0 Å². The lowest BCUT2D eigenvalue weighted by Crippen LogP contribution is -2.44. The molecule has 5 heteroatoms. The Kier molecular flexibility index (Phi) is 5.08. The number of rotatable bonds is 8. The number of hydrogen-bond donors (Lipinski definition) is 0. The highest BCUT2D eigenvalue weighted by molar-refractivity contribution is 7.90. The quantitative estimate of drug-likeness (QED) is 0.475. The van der Waals surface area contributed by atoms with Gasteiger partial charge in [-0.3, -0.25) is 4.79 Å². The second-order valence-electron chi connectivity index (χ2n) is 8.91. The highest BCUT2D eigenvalue weighted by Crippen LogP contribution is 2.70. The fourth-order valence-corrected chi connectivity index (χ4v) is 8.40. The second kappa shape index (κ2) is 6.71. The fourth-order valence-electron chi connectivity index (χ4n) is 5.82. The van der Waals surface area contributed by atoms with E-state index in [0.29, 0.717) is 12.3 Å². The molecule has 0 aromatic carbocycles. The van der Waals surface area contributed by atoms with E-state index in [1.54, 1.807) is 0 Å². The molecule has 3 aliphatic rings. The van der Waals surface area contributed by atoms with Gasteiger partial charge in [0.2, 0.25) is 15.9 Å². The van der Waals surface area contributed by atoms with E-state index in [9.17, 15) is 13.2 Å². The first-order valence-corrected chi connectivity index (χ1v) is 11.5. The van der Waals surface area contributed by atoms with Crippen molar-refractivity contribution in [2.75, 3.05) is 5.75 Å². The number of nitrogens with zero attached hydrogens (tertiary/aromatic N) is 1. The van der Waals surface area contributed by atoms with Gasteiger partial charge in [-0.1, -0.05) is 39.2 Å². The molecule has 3 atom stereocenters. The van der Waals surface area contributed by atoms with Gasteiger partial charge in [0, 0.05) is 11.8 Å². The number of allylic oxidation sites excluding steroid dienone is 1. The Morgan fingerprint density at radius 2 is 1.88 bits per heavy atom. The molecule has 0 radical (unpaired) electrons. The van der Waals surface area contributed by atoms with Crippen molar-refractivity contribution >= 4 is 15.9 Å². The molecule has 3 fully saturated rings. The van der Waals surface area contributed by atoms with E-state index >= 15 is 0 Å². The molecule has 0 N–H and O–H groups in total. The van der Waals surface area contributed by atoms with Crippen molar-refractivity contribution in [3.63, 3.8) is 0 Å². The molecule has 1 heterocycles. The number of hydrogen-bond acceptors (Lipinski definition) is 3. The average molecular weight is 368 g/mol. The highest BCUT2D eigenvalue weighted by atomic mass is 32.2. The van der Waals surface area contributed by atoms with E-state index in [4.69, 9.17) is 0 Å². The molecule has 3 unspecified atom stereocenters. The third-order valence-electron chi connectivity index (χ3n) is 7.46. The van der Waals surface area contributed by atoms with Crippen LogP contribution < -0.4 is 0 Å². The average Bonchev–Trinajstić information content (AvgIpc) is 3.01. The molecule has 142 valence electrons. The Balaban J connectivity index is 1.59. The monoisotopic (exact) mass is 367 g/mol. The summed E-state index contributed by atoms with van der Waals surface area (Å²) in [6.45, 7) is 8.16. The van der Waals surface area contributed by atoms with E-state index in [1.165, 1.54) is 4.31 Å². The summed E-state index contributed by atoms with van der Waals surface area (Å²) in [5.41, 5.74) is -0.165. The van der Waals surface area contributed by atoms with E-state index in [0.717, 1.165) is 57.8 Å². The summed E-state index contributed by atoms with van der Waals surface area (Å²) >= 11 is 0. The highest BCUT2D eigenvalue weighted by Gasteiger charge is 2.72. The smallest absolute Gasteiger partial charge is 0.238 e. The standard InChI is InChI=1S/C20H33NO3S/c1-4-5-6-7-8-9-10-11-18(22)21-17-14-16-12-13-20(17,19(16,2)3)15-25(21,23)24/h4,16-17H,1,5-15H2,2-3H3. The van der Waals surface area contributed by atoms with Crippen LogP contribution in [-0.2, 0) is 14.8 Å². The molecule has 1 amide bonds. The van der Waals surface area contributed by atoms with Gasteiger partial charge in [-0.05, 0) is 49.9 Å². The molecule has 3 rings (SSSR count). The summed E-state index contributed by atoms with van der Waals surface area (Å²) in [6.07, 6.45) is 11.5. The Morgan fingerprint density at radius 1 is 1.20 bits per heavy atom. The predicted octanol–water partition coefficient (Wildman–Crippen LogP) is 4.27. The molecule has 0 aromatic heterocycles. The van der Waals surface area contributed by atoms with E-state index in [2.05, 4.69) is 20.4 Å². The van der Waals surface area contributed by atoms with Crippen molar-refractivity contribution in [1.29, 1.82) is 0 Å². The molecule has 2 saturated carbocycles. The van der Waals surface area contributed by atoms with Gasteiger partial charge in [-0.25, -0.2) is 12.7 Å². The first kappa shape index (κ1) is 18.9. The first-order chi connectivity index (χ1) is 11.8. The molecule has 1 spiro atoms. The lowest BCUT2D eigenvalue weighted by atomic mass is 9.69. The van der Waals surface area contributed by atoms with Crippen LogP contribution in [0.5, 0.6) is 0 Å². The van der Waals surface area contributed by atoms with Crippen LogP contribution in [0.25, 0.3) is 0 Å². The van der Waals surface area contributed by atoms with Crippen LogP contribution in [0.3, 0.4) is 0 Å². The van der Waals surface area contributed by atoms with Crippen molar-refractivity contribution in [1.82, 2.24) is 4.31 Å². The van der Waals surface area contributed by atoms with Gasteiger partial charge in [0.05, 0.1) is 11.8 Å². The van der Waals surface area contributed by atoms with Crippen molar-refractivity contribution < 1.29 is 13.2 Å². The zero-order chi connectivity index (χ0) is 18.3. The number of carbonyl (C=O) groups is 1. The molecule has 0 aromatic rings. The van der Waals surface area contributed by atoms with Crippen LogP contribution in [0.2, 0.25) is 0 Å². The second-order valence-corrected chi connectivity index (χ2v) is 10.8. The summed E-state index contributed by atoms with van der Waals surface area (Å²) in [4.78, 5) is 12.8. The fraction of sp³-hybridized carbons (Fsp3) is 0.850. The van der Waals surface area contributed by atoms with Crippen LogP contribution >= 0.6 is 0 Å². The van der Waals surface area contributed by atoms with Gasteiger partial charge in [0.1, 0.15) is 0 Å². The van der Waals surface area contributed by atoms with Gasteiger partial charge >= 0.3 is 0 Å². The van der Waals surface area contributed by atoms with Crippen molar-refractivity contribution in [3.05, 3.63) is 12.7 Å². The zero-order valence-corrected chi connectivity index (χ0v) is 16.6. The van der Waals surface area contributed by atoms with E-state index in [-0.39, 0.29) is 28.5 Å². The van der Waals surface area contributed by atoms with Crippen molar-refractivity contribution in [3.8, 4) is 0 Å². The minimum absolute atomic E-state index is 0.0327. The third kappa shape index (κ3) is 2.96. The molecule has 2 aliphatic carbocycles. The molecular weight excluding hydrogens is 334 g/mol. The zero-order valence-electron chi connectivity index (χ0n) is 15.8. The maximum Gasteiger partial charge on any atom is 0.238 e. The Hall–Kier alpha value is -0.840. The summed E-state index contributed by atoms with van der Waals surface area (Å²) in [7, 11) is -3.44. The van der Waals surface area contributed by atoms with Crippen LogP contribution in [0.15, 0.2) is 12.7 Å². The number of carbonyl (C=O) groups excluding carboxylic acids is 1. The maximum atomic E-state index is 12.8. The summed E-state index contributed by atoms with van der Waals surface area (Å²) in [5.74, 6) is 0.589. The molecule has 1 saturated heterocycles. The van der Waals surface area contributed by atoms with Crippen molar-refractivity contribution in [2.45, 2.75) is 84.1 Å². The molecule has 2 bridgehead atoms. The molecule has 25 heavy (non-hydrogen) atoms. The lowest BCUT2D eigenvalue weighted by Gasteiger charge is -2.37.